The molecule has 0 aliphatic heterocycles. The summed E-state index contributed by atoms with van der Waals surface area (Å²) in [7, 11) is 0. The summed E-state index contributed by atoms with van der Waals surface area (Å²) in [5.41, 5.74) is 5.23. The molecule has 0 spiro atoms. The molecule has 0 rings (SSSR count). The Labute approximate surface area is 62.5 Å². The van der Waals surface area contributed by atoms with Gasteiger partial charge in [-0.15, -0.1) is 0 Å². The Morgan fingerprint density at radius 3 is 2.30 bits per heavy atom. The molecule has 0 aromatic heterocycles. The van der Waals surface area contributed by atoms with E-state index in [1.54, 1.807) is 0 Å². The van der Waals surface area contributed by atoms with Gasteiger partial charge < -0.3 is 15.2 Å². The Morgan fingerprint density at radius 1 is 1.30 bits per heavy atom. The van der Waals surface area contributed by atoms with Crippen LogP contribution >= 0.6 is 0 Å². The third kappa shape index (κ3) is 6.01. The predicted octanol–water partition coefficient (Wildman–Crippen LogP) is 0.733. The van der Waals surface area contributed by atoms with Gasteiger partial charge in [-0.2, -0.15) is 0 Å². The molecule has 2 N–H and O–H groups in total. The van der Waals surface area contributed by atoms with Crippen molar-refractivity contribution in [2.45, 2.75) is 33.2 Å². The number of hydrogen-bond donors (Lipinski definition) is 1. The van der Waals surface area contributed by atoms with E-state index in [4.69, 9.17) is 15.2 Å². The second-order valence-corrected chi connectivity index (χ2v) is 2.41. The second kappa shape index (κ2) is 5.65. The van der Waals surface area contributed by atoms with Crippen LogP contribution in [0, 0.1) is 0 Å². The quantitative estimate of drug-likeness (QED) is 0.583. The van der Waals surface area contributed by atoms with Crippen molar-refractivity contribution in [2.75, 3.05) is 13.2 Å². The summed E-state index contributed by atoms with van der Waals surface area (Å²) in [5, 5.41) is 0. The molecule has 0 saturated carbocycles. The molecule has 1 unspecified atom stereocenters. The molecule has 0 aromatic rings. The van der Waals surface area contributed by atoms with E-state index >= 15 is 0 Å². The molecule has 0 aromatic carbocycles. The zero-order valence-electron chi connectivity index (χ0n) is 6.96. The van der Waals surface area contributed by atoms with Crippen molar-refractivity contribution in [3.8, 4) is 0 Å². The van der Waals surface area contributed by atoms with Gasteiger partial charge in [0.1, 0.15) is 0 Å². The van der Waals surface area contributed by atoms with Crippen LogP contribution in [0.15, 0.2) is 0 Å². The van der Waals surface area contributed by atoms with Crippen molar-refractivity contribution < 1.29 is 9.47 Å². The van der Waals surface area contributed by atoms with Crippen molar-refractivity contribution in [1.29, 1.82) is 0 Å². The lowest BCUT2D eigenvalue weighted by Gasteiger charge is -2.15. The highest BCUT2D eigenvalue weighted by Crippen LogP contribution is 1.97. The van der Waals surface area contributed by atoms with Crippen LogP contribution in [0.4, 0.5) is 0 Å². The molecule has 3 nitrogen and oxygen atoms in total. The highest BCUT2D eigenvalue weighted by molar-refractivity contribution is 4.39. The summed E-state index contributed by atoms with van der Waals surface area (Å²) < 4.78 is 10.4. The molecule has 0 bridgehead atoms. The molecule has 10 heavy (non-hydrogen) atoms. The molecule has 0 aliphatic rings. The molecule has 0 saturated heterocycles. The first kappa shape index (κ1) is 9.88. The zero-order chi connectivity index (χ0) is 7.98. The zero-order valence-corrected chi connectivity index (χ0v) is 6.96. The van der Waals surface area contributed by atoms with Gasteiger partial charge in [0.2, 0.25) is 0 Å². The summed E-state index contributed by atoms with van der Waals surface area (Å²) in [6.07, 6.45) is 0.0799. The Kier molecular flexibility index (Phi) is 5.58. The lowest BCUT2D eigenvalue weighted by Crippen LogP contribution is -2.21. The van der Waals surface area contributed by atoms with E-state index in [1.165, 1.54) is 0 Å². The minimum absolute atomic E-state index is 0.136. The molecule has 0 amide bonds. The summed E-state index contributed by atoms with van der Waals surface area (Å²) in [5.74, 6) is 0. The number of rotatable bonds is 5. The molecule has 0 fully saturated rings. The van der Waals surface area contributed by atoms with E-state index in [1.807, 2.05) is 20.8 Å². The summed E-state index contributed by atoms with van der Waals surface area (Å²) in [6, 6.07) is 0. The normalized spacial score (nSPS) is 14.1. The van der Waals surface area contributed by atoms with Crippen molar-refractivity contribution in [3.05, 3.63) is 0 Å². The van der Waals surface area contributed by atoms with Crippen LogP contribution in [0.25, 0.3) is 0 Å². The fourth-order valence-corrected chi connectivity index (χ4v) is 0.657. The molecule has 0 aliphatic carbocycles. The standard InChI is InChI=1S/C7H17NO2/c1-6(2)10-7(3)9-5-4-8/h6-7H,4-5,8H2,1-3H3. The lowest BCUT2D eigenvalue weighted by molar-refractivity contribution is -0.149. The minimum Gasteiger partial charge on any atom is -0.352 e. The topological polar surface area (TPSA) is 44.5 Å². The number of hydrogen-bond acceptors (Lipinski definition) is 3. The SMILES string of the molecule is CC(C)OC(C)OCCN. The summed E-state index contributed by atoms with van der Waals surface area (Å²) in [6.45, 7) is 6.93. The van der Waals surface area contributed by atoms with E-state index in [0.29, 0.717) is 13.2 Å². The van der Waals surface area contributed by atoms with Gasteiger partial charge in [0, 0.05) is 6.54 Å². The van der Waals surface area contributed by atoms with Crippen molar-refractivity contribution in [3.63, 3.8) is 0 Å². The van der Waals surface area contributed by atoms with Gasteiger partial charge in [-0.05, 0) is 20.8 Å². The predicted molar refractivity (Wildman–Crippen MR) is 40.7 cm³/mol. The largest absolute Gasteiger partial charge is 0.352 e. The van der Waals surface area contributed by atoms with Gasteiger partial charge in [0.05, 0.1) is 12.7 Å². The van der Waals surface area contributed by atoms with Crippen molar-refractivity contribution >= 4 is 0 Å². The van der Waals surface area contributed by atoms with Crippen LogP contribution in [0.3, 0.4) is 0 Å². The highest BCUT2D eigenvalue weighted by Gasteiger charge is 2.02. The van der Waals surface area contributed by atoms with Crippen LogP contribution < -0.4 is 5.73 Å². The van der Waals surface area contributed by atoms with Crippen molar-refractivity contribution in [2.24, 2.45) is 5.73 Å². The van der Waals surface area contributed by atoms with E-state index in [-0.39, 0.29) is 12.4 Å². The molecular formula is C7H17NO2. The van der Waals surface area contributed by atoms with E-state index in [9.17, 15) is 0 Å². The van der Waals surface area contributed by atoms with Gasteiger partial charge in [-0.1, -0.05) is 0 Å². The van der Waals surface area contributed by atoms with Gasteiger partial charge in [-0.25, -0.2) is 0 Å². The first-order valence-corrected chi connectivity index (χ1v) is 3.64. The first-order valence-electron chi connectivity index (χ1n) is 3.64. The third-order valence-corrected chi connectivity index (χ3v) is 0.934. The van der Waals surface area contributed by atoms with E-state index < -0.39 is 0 Å². The number of ether oxygens (including phenoxy) is 2. The molecule has 62 valence electrons. The Bertz CT molecular complexity index is 76.0. The Morgan fingerprint density at radius 2 is 1.90 bits per heavy atom. The molecule has 1 atom stereocenters. The molecule has 0 radical (unpaired) electrons. The fourth-order valence-electron chi connectivity index (χ4n) is 0.657. The van der Waals surface area contributed by atoms with Gasteiger partial charge >= 0.3 is 0 Å². The number of nitrogens with two attached hydrogens (primary N) is 1. The van der Waals surface area contributed by atoms with Gasteiger partial charge in [-0.3, -0.25) is 0 Å². The van der Waals surface area contributed by atoms with Gasteiger partial charge in [0.25, 0.3) is 0 Å². The maximum absolute atomic E-state index is 5.27. The molecule has 0 heterocycles. The van der Waals surface area contributed by atoms with Crippen LogP contribution in [-0.2, 0) is 9.47 Å². The van der Waals surface area contributed by atoms with Crippen LogP contribution in [0.1, 0.15) is 20.8 Å². The minimum atomic E-state index is -0.136. The smallest absolute Gasteiger partial charge is 0.155 e. The van der Waals surface area contributed by atoms with E-state index in [2.05, 4.69) is 0 Å². The maximum atomic E-state index is 5.27. The van der Waals surface area contributed by atoms with E-state index in [0.717, 1.165) is 0 Å². The average Bonchev–Trinajstić information content (AvgIpc) is 1.82. The third-order valence-electron chi connectivity index (χ3n) is 0.934. The van der Waals surface area contributed by atoms with Gasteiger partial charge in [0.15, 0.2) is 6.29 Å². The summed E-state index contributed by atoms with van der Waals surface area (Å²) >= 11 is 0. The molecular weight excluding hydrogens is 130 g/mol. The van der Waals surface area contributed by atoms with Crippen LogP contribution in [0.2, 0.25) is 0 Å². The summed E-state index contributed by atoms with van der Waals surface area (Å²) in [4.78, 5) is 0. The second-order valence-electron chi connectivity index (χ2n) is 2.41. The highest BCUT2D eigenvalue weighted by atomic mass is 16.7. The van der Waals surface area contributed by atoms with Crippen LogP contribution in [-0.4, -0.2) is 25.5 Å². The molecule has 3 heteroatoms. The monoisotopic (exact) mass is 147 g/mol. The Hall–Kier alpha value is -0.120. The fraction of sp³-hybridized carbons (Fsp3) is 1.00. The van der Waals surface area contributed by atoms with Crippen LogP contribution in [0.5, 0.6) is 0 Å². The lowest BCUT2D eigenvalue weighted by atomic mass is 10.5. The Balaban J connectivity index is 3.16. The van der Waals surface area contributed by atoms with Crippen molar-refractivity contribution in [1.82, 2.24) is 0 Å². The average molecular weight is 147 g/mol. The first-order chi connectivity index (χ1) is 4.66. The maximum Gasteiger partial charge on any atom is 0.155 e.